The van der Waals surface area contributed by atoms with E-state index in [1.54, 1.807) is 0 Å². The molecule has 1 aromatic heterocycles. The van der Waals surface area contributed by atoms with Crippen LogP contribution >= 0.6 is 0 Å². The summed E-state index contributed by atoms with van der Waals surface area (Å²) in [6.45, 7) is 12.2. The van der Waals surface area contributed by atoms with Gasteiger partial charge in [0.25, 0.3) is 11.8 Å². The fourth-order valence-electron chi connectivity index (χ4n) is 4.19. The van der Waals surface area contributed by atoms with E-state index in [0.717, 1.165) is 22.2 Å². The Labute approximate surface area is 202 Å². The second kappa shape index (κ2) is 11.2. The van der Waals surface area contributed by atoms with Crippen LogP contribution in [-0.2, 0) is 18.4 Å². The zero-order valence-electron chi connectivity index (χ0n) is 21.2. The van der Waals surface area contributed by atoms with Gasteiger partial charge in [-0.25, -0.2) is 0 Å². The molecule has 3 aromatic rings. The van der Waals surface area contributed by atoms with Crippen molar-refractivity contribution in [2.45, 2.75) is 41.2 Å². The minimum atomic E-state index is -0.125. The number of aryl methyl sites for hydroxylation is 1. The quantitative estimate of drug-likeness (QED) is 0.463. The molecular formula is C28H37N3O3. The van der Waals surface area contributed by atoms with Crippen LogP contribution in [0.5, 0.6) is 5.75 Å². The maximum absolute atomic E-state index is 13.1. The molecule has 0 fully saturated rings. The first-order valence-corrected chi connectivity index (χ1v) is 12.0. The molecule has 0 saturated heterocycles. The molecule has 0 spiro atoms. The molecule has 2 amide bonds. The molecule has 0 saturated carbocycles. The van der Waals surface area contributed by atoms with Gasteiger partial charge in [-0.15, -0.1) is 0 Å². The third-order valence-electron chi connectivity index (χ3n) is 5.87. The molecule has 6 nitrogen and oxygen atoms in total. The number of aromatic nitrogens is 1. The van der Waals surface area contributed by atoms with Gasteiger partial charge in [0.15, 0.2) is 6.61 Å². The van der Waals surface area contributed by atoms with Gasteiger partial charge in [-0.2, -0.15) is 0 Å². The standard InChI is InChI=1S/C28H37N3O3/c1-19(2)16-31(17-20(3)4)26(32)18-34-23-12-13-25-24(14-23)27(21(5)30(25)6)28(33)29-15-22-10-8-7-9-11-22/h7-14,19-20H,15-18H2,1-6H3,(H,29,33). The van der Waals surface area contributed by atoms with Crippen molar-refractivity contribution in [1.29, 1.82) is 0 Å². The van der Waals surface area contributed by atoms with Crippen LogP contribution in [0.2, 0.25) is 0 Å². The number of hydrogen-bond acceptors (Lipinski definition) is 3. The van der Waals surface area contributed by atoms with Crippen LogP contribution in [0.15, 0.2) is 48.5 Å². The van der Waals surface area contributed by atoms with E-state index in [1.807, 2.05) is 72.0 Å². The van der Waals surface area contributed by atoms with Crippen molar-refractivity contribution < 1.29 is 14.3 Å². The maximum Gasteiger partial charge on any atom is 0.260 e. The minimum absolute atomic E-state index is 0.0208. The van der Waals surface area contributed by atoms with Crippen molar-refractivity contribution in [3.63, 3.8) is 0 Å². The van der Waals surface area contributed by atoms with E-state index in [4.69, 9.17) is 4.74 Å². The van der Waals surface area contributed by atoms with Crippen LogP contribution in [0.4, 0.5) is 0 Å². The van der Waals surface area contributed by atoms with Gasteiger partial charge in [0, 0.05) is 43.3 Å². The highest BCUT2D eigenvalue weighted by atomic mass is 16.5. The summed E-state index contributed by atoms with van der Waals surface area (Å²) >= 11 is 0. The zero-order valence-corrected chi connectivity index (χ0v) is 21.2. The zero-order chi connectivity index (χ0) is 24.8. The van der Waals surface area contributed by atoms with Gasteiger partial charge in [0.1, 0.15) is 5.75 Å². The molecule has 2 aromatic carbocycles. The Morgan fingerprint density at radius 3 is 2.26 bits per heavy atom. The molecule has 1 heterocycles. The molecule has 0 atom stereocenters. The summed E-state index contributed by atoms with van der Waals surface area (Å²) in [6, 6.07) is 15.5. The van der Waals surface area contributed by atoms with E-state index in [1.165, 1.54) is 0 Å². The number of ether oxygens (including phenoxy) is 1. The molecule has 0 aliphatic rings. The van der Waals surface area contributed by atoms with E-state index in [0.29, 0.717) is 42.8 Å². The van der Waals surface area contributed by atoms with Crippen molar-refractivity contribution >= 4 is 22.7 Å². The first-order valence-electron chi connectivity index (χ1n) is 12.0. The number of carbonyl (C=O) groups excluding carboxylic acids is 2. The Morgan fingerprint density at radius 1 is 1.00 bits per heavy atom. The number of carbonyl (C=O) groups is 2. The topological polar surface area (TPSA) is 63.6 Å². The van der Waals surface area contributed by atoms with E-state index in [9.17, 15) is 9.59 Å². The van der Waals surface area contributed by atoms with Gasteiger partial charge in [0.2, 0.25) is 0 Å². The van der Waals surface area contributed by atoms with E-state index >= 15 is 0 Å². The second-order valence-electron chi connectivity index (χ2n) is 9.74. The van der Waals surface area contributed by atoms with Crippen LogP contribution < -0.4 is 10.1 Å². The lowest BCUT2D eigenvalue weighted by atomic mass is 10.1. The lowest BCUT2D eigenvalue weighted by Crippen LogP contribution is -2.39. The van der Waals surface area contributed by atoms with Crippen molar-refractivity contribution in [3.8, 4) is 5.75 Å². The average molecular weight is 464 g/mol. The number of fused-ring (bicyclic) bond motifs is 1. The van der Waals surface area contributed by atoms with Crippen LogP contribution in [-0.4, -0.2) is 41.0 Å². The molecule has 0 aliphatic heterocycles. The number of amides is 2. The second-order valence-corrected chi connectivity index (χ2v) is 9.74. The molecule has 0 radical (unpaired) electrons. The van der Waals surface area contributed by atoms with Crippen LogP contribution in [0, 0.1) is 18.8 Å². The molecule has 34 heavy (non-hydrogen) atoms. The third kappa shape index (κ3) is 6.19. The Morgan fingerprint density at radius 2 is 1.65 bits per heavy atom. The molecule has 0 aliphatic carbocycles. The van der Waals surface area contributed by atoms with Gasteiger partial charge in [-0.3, -0.25) is 9.59 Å². The Hall–Kier alpha value is -3.28. The average Bonchev–Trinajstić information content (AvgIpc) is 3.05. The normalized spacial score (nSPS) is 11.3. The number of hydrogen-bond donors (Lipinski definition) is 1. The summed E-state index contributed by atoms with van der Waals surface area (Å²) in [4.78, 5) is 27.8. The molecular weight excluding hydrogens is 426 g/mol. The largest absolute Gasteiger partial charge is 0.484 e. The van der Waals surface area contributed by atoms with Crippen molar-refractivity contribution in [2.24, 2.45) is 18.9 Å². The molecule has 182 valence electrons. The Bertz CT molecular complexity index is 1120. The number of nitrogens with one attached hydrogen (secondary N) is 1. The fraction of sp³-hybridized carbons (Fsp3) is 0.429. The number of rotatable bonds is 10. The first-order chi connectivity index (χ1) is 16.2. The van der Waals surface area contributed by atoms with E-state index < -0.39 is 0 Å². The van der Waals surface area contributed by atoms with Crippen LogP contribution in [0.3, 0.4) is 0 Å². The summed E-state index contributed by atoms with van der Waals surface area (Å²) in [5.74, 6) is 1.22. The third-order valence-corrected chi connectivity index (χ3v) is 5.87. The first kappa shape index (κ1) is 25.3. The van der Waals surface area contributed by atoms with Crippen molar-refractivity contribution in [2.75, 3.05) is 19.7 Å². The Balaban J connectivity index is 1.77. The summed E-state index contributed by atoms with van der Waals surface area (Å²) in [6.07, 6.45) is 0. The van der Waals surface area contributed by atoms with Crippen molar-refractivity contribution in [3.05, 3.63) is 65.4 Å². The lowest BCUT2D eigenvalue weighted by Gasteiger charge is -2.26. The monoisotopic (exact) mass is 463 g/mol. The predicted octanol–water partition coefficient (Wildman–Crippen LogP) is 4.94. The molecule has 0 unspecified atom stereocenters. The highest BCUT2D eigenvalue weighted by Gasteiger charge is 2.20. The van der Waals surface area contributed by atoms with Gasteiger partial charge in [-0.05, 0) is 42.5 Å². The van der Waals surface area contributed by atoms with Gasteiger partial charge < -0.3 is 19.5 Å². The minimum Gasteiger partial charge on any atom is -0.484 e. The fourth-order valence-corrected chi connectivity index (χ4v) is 4.19. The lowest BCUT2D eigenvalue weighted by molar-refractivity contribution is -0.134. The molecule has 1 N–H and O–H groups in total. The van der Waals surface area contributed by atoms with Crippen LogP contribution in [0.25, 0.3) is 10.9 Å². The van der Waals surface area contributed by atoms with Crippen LogP contribution in [0.1, 0.15) is 49.3 Å². The highest BCUT2D eigenvalue weighted by Crippen LogP contribution is 2.29. The van der Waals surface area contributed by atoms with Crippen molar-refractivity contribution in [1.82, 2.24) is 14.8 Å². The summed E-state index contributed by atoms with van der Waals surface area (Å²) in [5, 5.41) is 3.85. The van der Waals surface area contributed by atoms with Gasteiger partial charge >= 0.3 is 0 Å². The van der Waals surface area contributed by atoms with Gasteiger partial charge in [0.05, 0.1) is 5.56 Å². The summed E-state index contributed by atoms with van der Waals surface area (Å²) in [5.41, 5.74) is 3.51. The molecule has 3 rings (SSSR count). The predicted molar refractivity (Wildman–Crippen MR) is 137 cm³/mol. The highest BCUT2D eigenvalue weighted by molar-refractivity contribution is 6.08. The van der Waals surface area contributed by atoms with E-state index in [2.05, 4.69) is 33.0 Å². The van der Waals surface area contributed by atoms with Gasteiger partial charge in [-0.1, -0.05) is 58.0 Å². The number of benzene rings is 2. The summed E-state index contributed by atoms with van der Waals surface area (Å²) < 4.78 is 7.91. The number of nitrogens with zero attached hydrogens (tertiary/aromatic N) is 2. The molecule has 6 heteroatoms. The smallest absolute Gasteiger partial charge is 0.260 e. The Kier molecular flexibility index (Phi) is 8.37. The van der Waals surface area contributed by atoms with E-state index in [-0.39, 0.29) is 18.4 Å². The summed E-state index contributed by atoms with van der Waals surface area (Å²) in [7, 11) is 1.95. The maximum atomic E-state index is 13.1. The SMILES string of the molecule is Cc1c(C(=O)NCc2ccccc2)c2cc(OCC(=O)N(CC(C)C)CC(C)C)ccc2n1C. The molecule has 0 bridgehead atoms.